The van der Waals surface area contributed by atoms with Crippen LogP contribution in [0, 0.1) is 0 Å². The Labute approximate surface area is 553 Å². The number of fused-ring (bicyclic) bond motifs is 9. The largest absolute Gasteiger partial charge is 0.292 e. The summed E-state index contributed by atoms with van der Waals surface area (Å²) in [5.74, 6) is 2.44. The van der Waals surface area contributed by atoms with Gasteiger partial charge in [0, 0.05) is 44.6 Å². The minimum atomic E-state index is 0.641. The van der Waals surface area contributed by atoms with Crippen molar-refractivity contribution in [2.24, 2.45) is 0 Å². The highest BCUT2D eigenvalue weighted by Crippen LogP contribution is 2.53. The maximum atomic E-state index is 5.80. The zero-order valence-electron chi connectivity index (χ0n) is 51.9. The second-order valence-corrected chi connectivity index (χ2v) is 25.2. The molecule has 444 valence electrons. The number of rotatable bonds is 10. The molecule has 20 rings (SSSR count). The van der Waals surface area contributed by atoms with Gasteiger partial charge in [-0.25, -0.2) is 19.9 Å². The van der Waals surface area contributed by atoms with E-state index in [9.17, 15) is 0 Å². The van der Waals surface area contributed by atoms with Crippen molar-refractivity contribution >= 4 is 54.5 Å². The molecule has 0 amide bonds. The van der Waals surface area contributed by atoms with Crippen LogP contribution in [0.25, 0.3) is 200 Å². The number of nitrogens with zero attached hydrogens (tertiary/aromatic N) is 6. The molecule has 2 aliphatic carbocycles. The molecule has 2 aliphatic rings. The molecule has 0 saturated heterocycles. The van der Waals surface area contributed by atoms with Gasteiger partial charge in [-0.2, -0.15) is 0 Å². The highest BCUT2D eigenvalue weighted by molar-refractivity contribution is 6.22. The lowest BCUT2D eigenvalue weighted by molar-refractivity contribution is 1.10. The predicted molar refractivity (Wildman–Crippen MR) is 396 cm³/mol. The van der Waals surface area contributed by atoms with Crippen LogP contribution in [0.3, 0.4) is 0 Å². The standard InChI is InChI=1S/C90H54N6/c1-5-19-59(20-6-1)89-91-80-53-61(43-49-82(80)95(89)64-23-9-3-10-24-64)55-35-39-57(40-36-55)86-79-52-63(66-45-47-76-69-29-15-13-27-67(69)73-32-17-31-72(66)84(73)76)51-78(71-46-48-77-70-30-16-14-28-68(70)74-33-18-34-75(71)85(74)77)87(79)94-88(93-86)58-41-37-56(38-42-58)62-44-50-83-81(54-62)92-90(60-21-7-2-8-22-60)96(83)65-25-11-4-12-26-65/h1-54H. The van der Waals surface area contributed by atoms with Crippen molar-refractivity contribution in [3.05, 3.63) is 328 Å². The lowest BCUT2D eigenvalue weighted by Gasteiger charge is -2.18. The van der Waals surface area contributed by atoms with Crippen molar-refractivity contribution in [3.63, 3.8) is 0 Å². The van der Waals surface area contributed by atoms with E-state index >= 15 is 0 Å². The summed E-state index contributed by atoms with van der Waals surface area (Å²) < 4.78 is 4.52. The highest BCUT2D eigenvalue weighted by Gasteiger charge is 2.28. The molecule has 6 heteroatoms. The molecule has 0 fully saturated rings. The Kier molecular flexibility index (Phi) is 11.9. The molecule has 0 radical (unpaired) electrons. The third-order valence-electron chi connectivity index (χ3n) is 19.9. The molecule has 0 bridgehead atoms. The fourth-order valence-electron chi connectivity index (χ4n) is 15.4. The van der Waals surface area contributed by atoms with Gasteiger partial charge < -0.3 is 0 Å². The Balaban J connectivity index is 0.782. The van der Waals surface area contributed by atoms with Crippen molar-refractivity contribution in [2.75, 3.05) is 0 Å². The van der Waals surface area contributed by atoms with Crippen LogP contribution in [0.15, 0.2) is 328 Å². The molecule has 0 N–H and O–H groups in total. The first-order chi connectivity index (χ1) is 47.6. The molecular weight excluding hydrogens is 1170 g/mol. The molecule has 96 heavy (non-hydrogen) atoms. The van der Waals surface area contributed by atoms with Crippen LogP contribution in [0.2, 0.25) is 0 Å². The average Bonchev–Trinajstić information content (AvgIpc) is 0.874. The van der Waals surface area contributed by atoms with Gasteiger partial charge >= 0.3 is 0 Å². The Morgan fingerprint density at radius 1 is 0.208 bits per heavy atom. The molecule has 0 saturated carbocycles. The van der Waals surface area contributed by atoms with Crippen LogP contribution in [-0.2, 0) is 0 Å². The Morgan fingerprint density at radius 2 is 0.604 bits per heavy atom. The van der Waals surface area contributed by atoms with Gasteiger partial charge in [-0.1, -0.05) is 267 Å². The Morgan fingerprint density at radius 3 is 1.10 bits per heavy atom. The molecule has 15 aromatic carbocycles. The van der Waals surface area contributed by atoms with Crippen molar-refractivity contribution in [2.45, 2.75) is 0 Å². The summed E-state index contributed by atoms with van der Waals surface area (Å²) in [6, 6.07) is 118. The normalized spacial score (nSPS) is 12.0. The van der Waals surface area contributed by atoms with Gasteiger partial charge in [0.05, 0.1) is 33.3 Å². The van der Waals surface area contributed by atoms with E-state index in [2.05, 4.69) is 331 Å². The van der Waals surface area contributed by atoms with Crippen LogP contribution < -0.4 is 0 Å². The van der Waals surface area contributed by atoms with E-state index in [1.54, 1.807) is 0 Å². The topological polar surface area (TPSA) is 61.4 Å². The Hall–Kier alpha value is -12.9. The molecule has 6 nitrogen and oxygen atoms in total. The number of aromatic nitrogens is 6. The van der Waals surface area contributed by atoms with Gasteiger partial charge in [-0.05, 0) is 166 Å². The van der Waals surface area contributed by atoms with E-state index < -0.39 is 0 Å². The highest BCUT2D eigenvalue weighted by atomic mass is 15.1. The fourth-order valence-corrected chi connectivity index (χ4v) is 15.4. The van der Waals surface area contributed by atoms with Gasteiger partial charge in [0.1, 0.15) is 11.6 Å². The molecule has 3 heterocycles. The zero-order chi connectivity index (χ0) is 63.0. The third kappa shape index (κ3) is 8.39. The zero-order valence-corrected chi connectivity index (χ0v) is 51.9. The summed E-state index contributed by atoms with van der Waals surface area (Å²) in [4.78, 5) is 22.2. The van der Waals surface area contributed by atoms with Gasteiger partial charge in [-0.15, -0.1) is 0 Å². The van der Waals surface area contributed by atoms with E-state index in [1.165, 1.54) is 66.1 Å². The van der Waals surface area contributed by atoms with E-state index in [1.807, 2.05) is 6.07 Å². The second-order valence-electron chi connectivity index (χ2n) is 25.2. The van der Waals surface area contributed by atoms with Crippen LogP contribution in [0.1, 0.15) is 0 Å². The number of imidazole rings is 2. The number of para-hydroxylation sites is 2. The summed E-state index contributed by atoms with van der Waals surface area (Å²) in [5.41, 5.74) is 30.7. The lowest BCUT2D eigenvalue weighted by atomic mass is 9.88. The van der Waals surface area contributed by atoms with Gasteiger partial charge in [0.15, 0.2) is 5.82 Å². The van der Waals surface area contributed by atoms with Gasteiger partial charge in [0.2, 0.25) is 0 Å². The first kappa shape index (κ1) is 53.7. The minimum absolute atomic E-state index is 0.641. The molecule has 3 aromatic heterocycles. The van der Waals surface area contributed by atoms with Crippen LogP contribution in [-0.4, -0.2) is 29.1 Å². The number of benzene rings is 15. The maximum Gasteiger partial charge on any atom is 0.160 e. The summed E-state index contributed by atoms with van der Waals surface area (Å²) >= 11 is 0. The average molecular weight is 1220 g/mol. The lowest BCUT2D eigenvalue weighted by Crippen LogP contribution is -1.99. The molecular formula is C90H54N6. The van der Waals surface area contributed by atoms with E-state index in [0.717, 1.165) is 128 Å². The molecule has 0 atom stereocenters. The molecule has 0 unspecified atom stereocenters. The first-order valence-corrected chi connectivity index (χ1v) is 32.8. The smallest absolute Gasteiger partial charge is 0.160 e. The summed E-state index contributed by atoms with van der Waals surface area (Å²) in [7, 11) is 0. The molecule has 0 spiro atoms. The number of hydrogen-bond acceptors (Lipinski definition) is 4. The maximum absolute atomic E-state index is 5.80. The molecule has 0 aliphatic heterocycles. The summed E-state index contributed by atoms with van der Waals surface area (Å²) in [6.07, 6.45) is 0. The quantitative estimate of drug-likeness (QED) is 0.137. The van der Waals surface area contributed by atoms with E-state index in [-0.39, 0.29) is 0 Å². The number of hydrogen-bond donors (Lipinski definition) is 0. The Bertz CT molecular complexity index is 6150. The summed E-state index contributed by atoms with van der Waals surface area (Å²) in [5, 5.41) is 5.92. The third-order valence-corrected chi connectivity index (χ3v) is 19.9. The summed E-state index contributed by atoms with van der Waals surface area (Å²) in [6.45, 7) is 0. The minimum Gasteiger partial charge on any atom is -0.292 e. The first-order valence-electron chi connectivity index (χ1n) is 32.8. The fraction of sp³-hybridized carbons (Fsp3) is 0. The van der Waals surface area contributed by atoms with Crippen molar-refractivity contribution in [3.8, 4) is 146 Å². The van der Waals surface area contributed by atoms with E-state index in [4.69, 9.17) is 19.9 Å². The van der Waals surface area contributed by atoms with Crippen LogP contribution >= 0.6 is 0 Å². The van der Waals surface area contributed by atoms with Crippen LogP contribution in [0.4, 0.5) is 0 Å². The van der Waals surface area contributed by atoms with Crippen molar-refractivity contribution in [1.29, 1.82) is 0 Å². The van der Waals surface area contributed by atoms with Crippen molar-refractivity contribution in [1.82, 2.24) is 29.1 Å². The SMILES string of the molecule is c1ccc(-c2nc3cc(-c4ccc(-c5nc(-c6ccc(-c7ccc8c(c7)nc(-c7ccccc7)n8-c7ccccc7)cc6)c6cc(-c7ccc8c9c(cccc79)-c7ccccc7-8)cc(-c7ccc8c9c(cccc79)-c7ccccc7-8)c6n5)cc4)ccc3n2-c2ccccc2)cc1. The van der Waals surface area contributed by atoms with E-state index in [0.29, 0.717) is 5.82 Å². The molecule has 18 aromatic rings. The van der Waals surface area contributed by atoms with Gasteiger partial charge in [0.25, 0.3) is 0 Å². The van der Waals surface area contributed by atoms with Crippen LogP contribution in [0.5, 0.6) is 0 Å². The second kappa shape index (κ2) is 21.3. The monoisotopic (exact) mass is 1220 g/mol. The van der Waals surface area contributed by atoms with Crippen molar-refractivity contribution < 1.29 is 0 Å². The van der Waals surface area contributed by atoms with Gasteiger partial charge in [-0.3, -0.25) is 9.13 Å². The predicted octanol–water partition coefficient (Wildman–Crippen LogP) is 23.2.